The first kappa shape index (κ1) is 38.8. The van der Waals surface area contributed by atoms with Gasteiger partial charge in [-0.2, -0.15) is 10.2 Å². The van der Waals surface area contributed by atoms with Crippen molar-refractivity contribution in [3.8, 4) is 0 Å². The molecule has 0 fully saturated rings. The van der Waals surface area contributed by atoms with E-state index in [1.165, 1.54) is 36.4 Å². The zero-order valence-corrected chi connectivity index (χ0v) is 31.4. The molecule has 0 radical (unpaired) electrons. The highest BCUT2D eigenvalue weighted by Crippen LogP contribution is 2.28. The number of aromatic amines is 2. The number of carbonyl (C=O) groups is 2. The van der Waals surface area contributed by atoms with Crippen LogP contribution in [0.5, 0.6) is 0 Å². The minimum absolute atomic E-state index is 0.192. The molecule has 0 aliphatic rings. The Kier molecular flexibility index (Phi) is 10.9. The van der Waals surface area contributed by atoms with Crippen molar-refractivity contribution in [3.05, 3.63) is 168 Å². The molecule has 0 spiro atoms. The summed E-state index contributed by atoms with van der Waals surface area (Å²) >= 11 is 0. The molecule has 6 N–H and O–H groups in total. The molecule has 8 rings (SSSR count). The Morgan fingerprint density at radius 1 is 0.483 bits per heavy atom. The van der Waals surface area contributed by atoms with Crippen molar-refractivity contribution in [3.63, 3.8) is 0 Å². The number of nitrogens with zero attached hydrogens (tertiary/aromatic N) is 2. The number of rotatable bonds is 10. The second-order valence-electron chi connectivity index (χ2n) is 12.4. The topological polar surface area (TPSA) is 208 Å². The van der Waals surface area contributed by atoms with E-state index in [2.05, 4.69) is 40.5 Å². The summed E-state index contributed by atoms with van der Waals surface area (Å²) in [6, 6.07) is 36.1. The van der Waals surface area contributed by atoms with Crippen LogP contribution in [0.2, 0.25) is 0 Å². The lowest BCUT2D eigenvalue weighted by molar-refractivity contribution is 0.101. The minimum Gasteiger partial charge on any atom is -0.305 e. The van der Waals surface area contributed by atoms with Gasteiger partial charge in [0, 0.05) is 33.3 Å². The van der Waals surface area contributed by atoms with Crippen molar-refractivity contribution < 1.29 is 35.2 Å². The molecule has 0 unspecified atom stereocenters. The number of hydrogen-bond acceptors (Lipinski definition) is 8. The number of anilines is 4. The van der Waals surface area contributed by atoms with Gasteiger partial charge in [-0.15, -0.1) is 0 Å². The largest absolute Gasteiger partial charge is 0.305 e. The number of amides is 2. The van der Waals surface area contributed by atoms with Crippen molar-refractivity contribution in [2.45, 2.75) is 9.79 Å². The van der Waals surface area contributed by atoms with Crippen molar-refractivity contribution in [1.82, 2.24) is 20.4 Å². The van der Waals surface area contributed by atoms with Crippen molar-refractivity contribution in [2.24, 2.45) is 0 Å². The third kappa shape index (κ3) is 8.99. The van der Waals surface area contributed by atoms with E-state index >= 15 is 0 Å². The monoisotopic (exact) mass is 820 g/mol. The zero-order chi connectivity index (χ0) is 40.9. The molecule has 0 aliphatic heterocycles. The molecule has 0 aliphatic carbocycles. The third-order valence-corrected chi connectivity index (χ3v) is 11.1. The second-order valence-corrected chi connectivity index (χ2v) is 15.8. The van der Waals surface area contributed by atoms with Crippen molar-refractivity contribution >= 4 is 76.7 Å². The van der Waals surface area contributed by atoms with Crippen LogP contribution in [-0.2, 0) is 20.0 Å². The summed E-state index contributed by atoms with van der Waals surface area (Å²) in [5, 5.41) is 20.2. The van der Waals surface area contributed by atoms with Crippen LogP contribution < -0.4 is 20.1 Å². The van der Waals surface area contributed by atoms with Gasteiger partial charge in [0.25, 0.3) is 31.9 Å². The highest BCUT2D eigenvalue weighted by molar-refractivity contribution is 7.93. The molecule has 0 saturated carbocycles. The summed E-state index contributed by atoms with van der Waals surface area (Å²) in [6.07, 6.45) is 0. The Morgan fingerprint density at radius 3 is 1.26 bits per heavy atom. The maximum Gasteiger partial charge on any atom is 0.261 e. The van der Waals surface area contributed by atoms with Crippen LogP contribution in [0.3, 0.4) is 0 Å². The highest BCUT2D eigenvalue weighted by atomic mass is 32.2. The van der Waals surface area contributed by atoms with E-state index in [-0.39, 0.29) is 44.6 Å². The molecular formula is C40H30F2N8O6S2. The van der Waals surface area contributed by atoms with Gasteiger partial charge in [-0.3, -0.25) is 29.2 Å². The van der Waals surface area contributed by atoms with E-state index < -0.39 is 31.7 Å². The fraction of sp³-hybridized carbons (Fsp3) is 0. The van der Waals surface area contributed by atoms with E-state index in [4.69, 9.17) is 0 Å². The van der Waals surface area contributed by atoms with Gasteiger partial charge in [-0.1, -0.05) is 48.5 Å². The van der Waals surface area contributed by atoms with Crippen molar-refractivity contribution in [1.29, 1.82) is 0 Å². The predicted molar refractivity (Wildman–Crippen MR) is 215 cm³/mol. The molecule has 14 nitrogen and oxygen atoms in total. The first-order valence-corrected chi connectivity index (χ1v) is 20.1. The van der Waals surface area contributed by atoms with Crippen LogP contribution in [0.25, 0.3) is 21.8 Å². The van der Waals surface area contributed by atoms with E-state index in [0.717, 1.165) is 24.3 Å². The molecule has 2 amide bonds. The fourth-order valence-corrected chi connectivity index (χ4v) is 7.74. The highest BCUT2D eigenvalue weighted by Gasteiger charge is 2.19. The van der Waals surface area contributed by atoms with E-state index in [1.54, 1.807) is 84.9 Å². The van der Waals surface area contributed by atoms with Gasteiger partial charge in [-0.05, 0) is 97.1 Å². The smallest absolute Gasteiger partial charge is 0.261 e. The van der Waals surface area contributed by atoms with Crippen LogP contribution in [-0.4, -0.2) is 49.0 Å². The summed E-state index contributed by atoms with van der Waals surface area (Å²) in [7, 11) is -7.95. The summed E-state index contributed by atoms with van der Waals surface area (Å²) in [6.45, 7) is 0. The van der Waals surface area contributed by atoms with Gasteiger partial charge < -0.3 is 10.6 Å². The van der Waals surface area contributed by atoms with Crippen molar-refractivity contribution in [2.75, 3.05) is 20.1 Å². The molecule has 2 heterocycles. The maximum absolute atomic E-state index is 13.4. The van der Waals surface area contributed by atoms with Gasteiger partial charge in [0.15, 0.2) is 11.6 Å². The van der Waals surface area contributed by atoms with Crippen LogP contribution >= 0.6 is 0 Å². The number of benzene rings is 6. The molecule has 0 bridgehead atoms. The Balaban J connectivity index is 0.000000177. The number of carbonyl (C=O) groups excluding carboxylic acids is 2. The first-order chi connectivity index (χ1) is 27.8. The molecule has 0 saturated heterocycles. The first-order valence-electron chi connectivity index (χ1n) is 17.1. The predicted octanol–water partition coefficient (Wildman–Crippen LogP) is 7.51. The molecule has 0 atom stereocenters. The van der Waals surface area contributed by atoms with Gasteiger partial charge in [0.05, 0.1) is 20.8 Å². The molecule has 292 valence electrons. The quantitative estimate of drug-likeness (QED) is 0.0812. The van der Waals surface area contributed by atoms with Crippen LogP contribution in [0.1, 0.15) is 20.7 Å². The second kappa shape index (κ2) is 16.3. The number of sulfonamides is 2. The van der Waals surface area contributed by atoms with Gasteiger partial charge in [0.1, 0.15) is 11.6 Å². The standard InChI is InChI=1S/2C20H15FN4O3S/c2*21-14-7-4-8-16(11-14)29(27,28)25-15-9-10-18-17(12-15)19(24-23-18)22-20(26)13-5-2-1-3-6-13/h2*1-12,25H,(H2,22,23,24,26). The molecule has 6 aromatic carbocycles. The molecule has 8 aromatic rings. The number of hydrogen-bond donors (Lipinski definition) is 6. The number of aromatic nitrogens is 4. The van der Waals surface area contributed by atoms with Gasteiger partial charge in [0.2, 0.25) is 0 Å². The number of H-pyrrole nitrogens is 2. The van der Waals surface area contributed by atoms with Gasteiger partial charge in [-0.25, -0.2) is 25.6 Å². The van der Waals surface area contributed by atoms with Crippen LogP contribution in [0, 0.1) is 11.6 Å². The van der Waals surface area contributed by atoms with E-state index in [0.29, 0.717) is 32.9 Å². The van der Waals surface area contributed by atoms with Gasteiger partial charge >= 0.3 is 0 Å². The van der Waals surface area contributed by atoms with Crippen LogP contribution in [0.15, 0.2) is 155 Å². The average Bonchev–Trinajstić information content (AvgIpc) is 3.81. The summed E-state index contributed by atoms with van der Waals surface area (Å²) in [5.41, 5.74) is 2.65. The molecule has 18 heteroatoms. The van der Waals surface area contributed by atoms with E-state index in [1.807, 2.05) is 0 Å². The maximum atomic E-state index is 13.4. The number of fused-ring (bicyclic) bond motifs is 2. The number of halogens is 2. The lowest BCUT2D eigenvalue weighted by atomic mass is 10.2. The summed E-state index contributed by atoms with van der Waals surface area (Å²) in [4.78, 5) is 24.4. The Labute approximate surface area is 329 Å². The summed E-state index contributed by atoms with van der Waals surface area (Å²) in [5.74, 6) is -1.45. The van der Waals surface area contributed by atoms with E-state index in [9.17, 15) is 35.2 Å². The van der Waals surface area contributed by atoms with Crippen LogP contribution in [0.4, 0.5) is 31.8 Å². The Morgan fingerprint density at radius 2 is 0.879 bits per heavy atom. The third-order valence-electron chi connectivity index (χ3n) is 8.38. The normalized spacial score (nSPS) is 11.3. The Hall–Kier alpha value is -7.44. The summed E-state index contributed by atoms with van der Waals surface area (Å²) < 4.78 is 81.6. The molecule has 58 heavy (non-hydrogen) atoms. The lowest BCUT2D eigenvalue weighted by Gasteiger charge is -2.09. The minimum atomic E-state index is -3.97. The molecule has 2 aromatic heterocycles. The lowest BCUT2D eigenvalue weighted by Crippen LogP contribution is -2.13. The fourth-order valence-electron chi connectivity index (χ4n) is 5.58. The number of nitrogens with one attached hydrogen (secondary N) is 6. The zero-order valence-electron chi connectivity index (χ0n) is 29.8. The SMILES string of the molecule is O=C(Nc1n[nH]c2ccc(NS(=O)(=O)c3cccc(F)c3)cc12)c1ccccc1.O=C(Nc1n[nH]c2ccc(NS(=O)(=O)c3cccc(F)c3)cc12)c1ccccc1. The average molecular weight is 821 g/mol. The Bertz CT molecular complexity index is 2810. The molecular weight excluding hydrogens is 791 g/mol.